The molecule has 1 atom stereocenters. The van der Waals surface area contributed by atoms with Crippen molar-refractivity contribution in [3.05, 3.63) is 56.5 Å². The van der Waals surface area contributed by atoms with Crippen molar-refractivity contribution in [2.24, 2.45) is 0 Å². The molecule has 1 unspecified atom stereocenters. The Hall–Kier alpha value is -1.95. The fourth-order valence-corrected chi connectivity index (χ4v) is 2.58. The van der Waals surface area contributed by atoms with Crippen LogP contribution in [0.2, 0.25) is 0 Å². The summed E-state index contributed by atoms with van der Waals surface area (Å²) in [5, 5.41) is 17.9. The van der Waals surface area contributed by atoms with Crippen molar-refractivity contribution in [2.75, 3.05) is 5.32 Å². The fraction of sp³-hybridized carbons (Fsp3) is 0.231. The highest BCUT2D eigenvalue weighted by Crippen LogP contribution is 2.28. The van der Waals surface area contributed by atoms with Gasteiger partial charge >= 0.3 is 5.69 Å². The van der Waals surface area contributed by atoms with Crippen LogP contribution in [0.4, 0.5) is 15.8 Å². The van der Waals surface area contributed by atoms with Crippen LogP contribution in [0.3, 0.4) is 0 Å². The van der Waals surface area contributed by atoms with Crippen LogP contribution in [-0.4, -0.2) is 11.0 Å². The minimum absolute atomic E-state index is 0.0184. The average molecular weight is 280 g/mol. The molecule has 0 amide bonds. The van der Waals surface area contributed by atoms with Gasteiger partial charge in [0, 0.05) is 6.04 Å². The number of benzene rings is 1. The van der Waals surface area contributed by atoms with Crippen molar-refractivity contribution in [3.63, 3.8) is 0 Å². The maximum Gasteiger partial charge on any atom is 0.327 e. The third kappa shape index (κ3) is 3.29. The first kappa shape index (κ1) is 13.5. The third-order valence-corrected chi connectivity index (χ3v) is 3.43. The SMILES string of the molecule is CC(Cc1ccsc1)Nc1cccc(F)c1[N+](=O)[O-]. The number of rotatable bonds is 5. The van der Waals surface area contributed by atoms with E-state index in [1.807, 2.05) is 23.8 Å². The van der Waals surface area contributed by atoms with E-state index in [9.17, 15) is 14.5 Å². The molecule has 0 aliphatic rings. The number of nitrogens with one attached hydrogen (secondary N) is 1. The summed E-state index contributed by atoms with van der Waals surface area (Å²) >= 11 is 1.60. The predicted octanol–water partition coefficient (Wildman–Crippen LogP) is 3.84. The molecule has 1 aromatic carbocycles. The van der Waals surface area contributed by atoms with Crippen molar-refractivity contribution in [3.8, 4) is 0 Å². The molecule has 2 aromatic rings. The molecular weight excluding hydrogens is 267 g/mol. The fourth-order valence-electron chi connectivity index (χ4n) is 1.90. The summed E-state index contributed by atoms with van der Waals surface area (Å²) in [6.07, 6.45) is 0.733. The summed E-state index contributed by atoms with van der Waals surface area (Å²) in [4.78, 5) is 10.2. The van der Waals surface area contributed by atoms with Gasteiger partial charge in [-0.25, -0.2) is 0 Å². The molecule has 1 heterocycles. The van der Waals surface area contributed by atoms with Crippen LogP contribution in [0.5, 0.6) is 0 Å². The lowest BCUT2D eigenvalue weighted by Crippen LogP contribution is -2.18. The molecule has 0 radical (unpaired) electrons. The Kier molecular flexibility index (Phi) is 4.11. The molecule has 0 spiro atoms. The van der Waals surface area contributed by atoms with Crippen LogP contribution < -0.4 is 5.32 Å². The Morgan fingerprint density at radius 2 is 2.26 bits per heavy atom. The van der Waals surface area contributed by atoms with Crippen LogP contribution in [0.25, 0.3) is 0 Å². The lowest BCUT2D eigenvalue weighted by molar-refractivity contribution is -0.386. The topological polar surface area (TPSA) is 55.2 Å². The van der Waals surface area contributed by atoms with Crippen LogP contribution in [0.15, 0.2) is 35.0 Å². The minimum Gasteiger partial charge on any atom is -0.377 e. The monoisotopic (exact) mass is 280 g/mol. The van der Waals surface area contributed by atoms with Gasteiger partial charge in [0.25, 0.3) is 0 Å². The molecule has 4 nitrogen and oxygen atoms in total. The number of thiophene rings is 1. The molecule has 100 valence electrons. The summed E-state index contributed by atoms with van der Waals surface area (Å²) in [6, 6.07) is 6.05. The number of nitro benzene ring substituents is 1. The summed E-state index contributed by atoms with van der Waals surface area (Å²) < 4.78 is 13.4. The first-order valence-corrected chi connectivity index (χ1v) is 6.72. The van der Waals surface area contributed by atoms with Gasteiger partial charge in [-0.15, -0.1) is 0 Å². The molecule has 1 aromatic heterocycles. The number of nitro groups is 1. The van der Waals surface area contributed by atoms with Gasteiger partial charge in [-0.1, -0.05) is 6.07 Å². The molecule has 1 N–H and O–H groups in total. The van der Waals surface area contributed by atoms with E-state index < -0.39 is 16.4 Å². The molecule has 0 saturated carbocycles. The van der Waals surface area contributed by atoms with Gasteiger partial charge in [-0.3, -0.25) is 10.1 Å². The Balaban J connectivity index is 2.14. The summed E-state index contributed by atoms with van der Waals surface area (Å²) in [7, 11) is 0. The first-order chi connectivity index (χ1) is 9.08. The van der Waals surface area contributed by atoms with Crippen molar-refractivity contribution in [2.45, 2.75) is 19.4 Å². The van der Waals surface area contributed by atoms with Crippen molar-refractivity contribution >= 4 is 22.7 Å². The second kappa shape index (κ2) is 5.79. The Bertz CT molecular complexity index is 572. The highest BCUT2D eigenvalue weighted by molar-refractivity contribution is 7.07. The van der Waals surface area contributed by atoms with Crippen molar-refractivity contribution in [1.29, 1.82) is 0 Å². The van der Waals surface area contributed by atoms with Gasteiger partial charge in [0.05, 0.1) is 4.92 Å². The maximum atomic E-state index is 13.4. The normalized spacial score (nSPS) is 12.1. The second-order valence-electron chi connectivity index (χ2n) is 4.27. The third-order valence-electron chi connectivity index (χ3n) is 2.69. The van der Waals surface area contributed by atoms with Crippen molar-refractivity contribution in [1.82, 2.24) is 0 Å². The van der Waals surface area contributed by atoms with E-state index in [4.69, 9.17) is 0 Å². The molecule has 2 rings (SSSR count). The van der Waals surface area contributed by atoms with Crippen LogP contribution >= 0.6 is 11.3 Å². The molecule has 0 bridgehead atoms. The zero-order valence-electron chi connectivity index (χ0n) is 10.3. The lowest BCUT2D eigenvalue weighted by Gasteiger charge is -2.14. The van der Waals surface area contributed by atoms with E-state index in [1.165, 1.54) is 12.1 Å². The molecule has 6 heteroatoms. The number of hydrogen-bond donors (Lipinski definition) is 1. The minimum atomic E-state index is -0.822. The molecule has 0 fully saturated rings. The van der Waals surface area contributed by atoms with Gasteiger partial charge in [-0.05, 0) is 47.9 Å². The molecule has 0 saturated heterocycles. The molecule has 19 heavy (non-hydrogen) atoms. The Labute approximate surface area is 114 Å². The number of nitrogens with zero attached hydrogens (tertiary/aromatic N) is 1. The maximum absolute atomic E-state index is 13.4. The van der Waals surface area contributed by atoms with Gasteiger partial charge in [0.1, 0.15) is 5.69 Å². The summed E-state index contributed by atoms with van der Waals surface area (Å²) in [6.45, 7) is 1.91. The highest BCUT2D eigenvalue weighted by atomic mass is 32.1. The number of para-hydroxylation sites is 1. The highest BCUT2D eigenvalue weighted by Gasteiger charge is 2.20. The summed E-state index contributed by atoms with van der Waals surface area (Å²) in [5.74, 6) is -0.822. The van der Waals surface area contributed by atoms with E-state index in [1.54, 1.807) is 11.3 Å². The van der Waals surface area contributed by atoms with Crippen molar-refractivity contribution < 1.29 is 9.31 Å². The smallest absolute Gasteiger partial charge is 0.327 e. The van der Waals surface area contributed by atoms with Crippen LogP contribution in [0, 0.1) is 15.9 Å². The van der Waals surface area contributed by atoms with Gasteiger partial charge in [0.2, 0.25) is 5.82 Å². The lowest BCUT2D eigenvalue weighted by atomic mass is 10.1. The Morgan fingerprint density at radius 3 is 2.89 bits per heavy atom. The van der Waals surface area contributed by atoms with E-state index in [0.717, 1.165) is 18.1 Å². The standard InChI is InChI=1S/C13H13FN2O2S/c1-9(7-10-5-6-19-8-10)15-12-4-2-3-11(14)13(12)16(17)18/h2-6,8-9,15H,7H2,1H3. The van der Waals surface area contributed by atoms with Gasteiger partial charge in [-0.2, -0.15) is 15.7 Å². The first-order valence-electron chi connectivity index (χ1n) is 5.78. The number of hydrogen-bond acceptors (Lipinski definition) is 4. The van der Waals surface area contributed by atoms with Crippen LogP contribution in [-0.2, 0) is 6.42 Å². The number of halogens is 1. The molecule has 0 aliphatic carbocycles. The molecular formula is C13H13FN2O2S. The Morgan fingerprint density at radius 1 is 1.47 bits per heavy atom. The predicted molar refractivity (Wildman–Crippen MR) is 74.2 cm³/mol. The second-order valence-corrected chi connectivity index (χ2v) is 5.05. The zero-order chi connectivity index (χ0) is 13.8. The van der Waals surface area contributed by atoms with Gasteiger partial charge < -0.3 is 5.32 Å². The number of anilines is 1. The average Bonchev–Trinajstić information content (AvgIpc) is 2.81. The van der Waals surface area contributed by atoms with E-state index in [0.29, 0.717) is 0 Å². The van der Waals surface area contributed by atoms with E-state index in [-0.39, 0.29) is 11.7 Å². The van der Waals surface area contributed by atoms with Gasteiger partial charge in [0.15, 0.2) is 0 Å². The summed E-state index contributed by atoms with van der Waals surface area (Å²) in [5.41, 5.74) is 0.872. The van der Waals surface area contributed by atoms with E-state index in [2.05, 4.69) is 5.32 Å². The van der Waals surface area contributed by atoms with Crippen LogP contribution in [0.1, 0.15) is 12.5 Å². The van der Waals surface area contributed by atoms with E-state index >= 15 is 0 Å². The molecule has 0 aliphatic heterocycles. The quantitative estimate of drug-likeness (QED) is 0.668. The largest absolute Gasteiger partial charge is 0.377 e. The zero-order valence-corrected chi connectivity index (χ0v) is 11.1.